The molecule has 2 aromatic heterocycles. The van der Waals surface area contributed by atoms with Gasteiger partial charge >= 0.3 is 0 Å². The molecule has 116 valence electrons. The minimum atomic E-state index is -0.148. The first-order chi connectivity index (χ1) is 11.0. The van der Waals surface area contributed by atoms with Crippen molar-refractivity contribution in [1.29, 1.82) is 0 Å². The predicted octanol–water partition coefficient (Wildman–Crippen LogP) is 4.79. The largest absolute Gasteiger partial charge is 0.311 e. The molecule has 0 aliphatic heterocycles. The molecule has 1 N–H and O–H groups in total. The molecule has 0 aliphatic carbocycles. The first-order valence-corrected chi connectivity index (χ1v) is 8.20. The van der Waals surface area contributed by atoms with Gasteiger partial charge in [-0.25, -0.2) is 9.97 Å². The fraction of sp³-hybridized carbons (Fsp3) is 0.118. The molecule has 1 amide bonds. The summed E-state index contributed by atoms with van der Waals surface area (Å²) in [5, 5.41) is 4.34. The second kappa shape index (κ2) is 6.48. The first kappa shape index (κ1) is 15.6. The van der Waals surface area contributed by atoms with Crippen LogP contribution in [0, 0.1) is 6.92 Å². The van der Waals surface area contributed by atoms with Gasteiger partial charge in [0, 0.05) is 23.7 Å². The third kappa shape index (κ3) is 3.57. The van der Waals surface area contributed by atoms with Crippen LogP contribution in [0.5, 0.6) is 0 Å². The van der Waals surface area contributed by atoms with Crippen molar-refractivity contribution in [3.8, 4) is 21.7 Å². The number of thiazole rings is 1. The Labute approximate surface area is 143 Å². The maximum absolute atomic E-state index is 11.2. The van der Waals surface area contributed by atoms with Gasteiger partial charge in [-0.15, -0.1) is 11.3 Å². The highest BCUT2D eigenvalue weighted by Crippen LogP contribution is 2.37. The van der Waals surface area contributed by atoms with Crippen LogP contribution in [-0.4, -0.2) is 15.9 Å². The van der Waals surface area contributed by atoms with Crippen LogP contribution in [0.15, 0.2) is 42.6 Å². The van der Waals surface area contributed by atoms with Gasteiger partial charge in [0.05, 0.1) is 15.6 Å². The van der Waals surface area contributed by atoms with E-state index in [4.69, 9.17) is 11.6 Å². The van der Waals surface area contributed by atoms with E-state index in [-0.39, 0.29) is 5.91 Å². The van der Waals surface area contributed by atoms with Crippen LogP contribution in [-0.2, 0) is 4.79 Å². The standard InChI is InChI=1S/C17H14ClN3OS/c1-10(22)20-15-9-13(6-7-19-15)17-16(21-11(2)23-17)12-4-3-5-14(18)8-12/h3-9H,1-2H3,(H,19,20,22). The summed E-state index contributed by atoms with van der Waals surface area (Å²) in [6, 6.07) is 11.4. The lowest BCUT2D eigenvalue weighted by atomic mass is 10.1. The highest BCUT2D eigenvalue weighted by atomic mass is 35.5. The highest BCUT2D eigenvalue weighted by molar-refractivity contribution is 7.15. The Morgan fingerprint density at radius 1 is 1.22 bits per heavy atom. The summed E-state index contributed by atoms with van der Waals surface area (Å²) >= 11 is 7.70. The van der Waals surface area contributed by atoms with Crippen LogP contribution in [0.4, 0.5) is 5.82 Å². The molecule has 0 atom stereocenters. The minimum Gasteiger partial charge on any atom is -0.311 e. The van der Waals surface area contributed by atoms with Crippen molar-refractivity contribution in [2.45, 2.75) is 13.8 Å². The Morgan fingerprint density at radius 2 is 2.04 bits per heavy atom. The van der Waals surface area contributed by atoms with E-state index < -0.39 is 0 Å². The van der Waals surface area contributed by atoms with E-state index in [0.29, 0.717) is 10.8 Å². The predicted molar refractivity (Wildman–Crippen MR) is 94.8 cm³/mol. The van der Waals surface area contributed by atoms with Gasteiger partial charge in [-0.3, -0.25) is 4.79 Å². The average molecular weight is 344 g/mol. The number of anilines is 1. The number of carbonyl (C=O) groups excluding carboxylic acids is 1. The Bertz CT molecular complexity index is 876. The van der Waals surface area contributed by atoms with Gasteiger partial charge in [0.1, 0.15) is 5.82 Å². The van der Waals surface area contributed by atoms with Gasteiger partial charge in [-0.2, -0.15) is 0 Å². The maximum atomic E-state index is 11.2. The quantitative estimate of drug-likeness (QED) is 0.743. The molecule has 0 spiro atoms. The lowest BCUT2D eigenvalue weighted by Crippen LogP contribution is -2.07. The Hall–Kier alpha value is -2.24. The molecule has 3 rings (SSSR count). The fourth-order valence-corrected chi connectivity index (χ4v) is 3.40. The lowest BCUT2D eigenvalue weighted by molar-refractivity contribution is -0.114. The second-order valence-electron chi connectivity index (χ2n) is 5.03. The number of carbonyl (C=O) groups is 1. The number of aryl methyl sites for hydroxylation is 1. The summed E-state index contributed by atoms with van der Waals surface area (Å²) in [4.78, 5) is 21.0. The van der Waals surface area contributed by atoms with Crippen molar-refractivity contribution in [2.75, 3.05) is 5.32 Å². The van der Waals surface area contributed by atoms with Crippen molar-refractivity contribution < 1.29 is 4.79 Å². The number of pyridine rings is 1. The smallest absolute Gasteiger partial charge is 0.222 e. The maximum Gasteiger partial charge on any atom is 0.222 e. The summed E-state index contributed by atoms with van der Waals surface area (Å²) in [5.41, 5.74) is 2.81. The van der Waals surface area contributed by atoms with Crippen LogP contribution in [0.25, 0.3) is 21.7 Å². The molecule has 1 aromatic carbocycles. The Kier molecular flexibility index (Phi) is 4.41. The monoisotopic (exact) mass is 343 g/mol. The van der Waals surface area contributed by atoms with Crippen molar-refractivity contribution in [2.24, 2.45) is 0 Å². The van der Waals surface area contributed by atoms with Crippen molar-refractivity contribution in [1.82, 2.24) is 9.97 Å². The van der Waals surface area contributed by atoms with Crippen molar-refractivity contribution >= 4 is 34.7 Å². The molecular formula is C17H14ClN3OS. The average Bonchev–Trinajstić information content (AvgIpc) is 2.89. The van der Waals surface area contributed by atoms with Crippen molar-refractivity contribution in [3.63, 3.8) is 0 Å². The summed E-state index contributed by atoms with van der Waals surface area (Å²) < 4.78 is 0. The molecule has 0 saturated heterocycles. The van der Waals surface area contributed by atoms with Gasteiger partial charge in [-0.1, -0.05) is 23.7 Å². The van der Waals surface area contributed by atoms with Crippen LogP contribution in [0.3, 0.4) is 0 Å². The van der Waals surface area contributed by atoms with Crippen LogP contribution < -0.4 is 5.32 Å². The molecule has 2 heterocycles. The minimum absolute atomic E-state index is 0.148. The van der Waals surface area contributed by atoms with E-state index in [1.54, 1.807) is 17.5 Å². The summed E-state index contributed by atoms with van der Waals surface area (Å²) in [6.45, 7) is 3.43. The summed E-state index contributed by atoms with van der Waals surface area (Å²) in [5.74, 6) is 0.378. The molecule has 0 aliphatic rings. The number of nitrogens with zero attached hydrogens (tertiary/aromatic N) is 2. The number of benzene rings is 1. The number of nitrogens with one attached hydrogen (secondary N) is 1. The van der Waals surface area contributed by atoms with E-state index in [9.17, 15) is 4.79 Å². The van der Waals surface area contributed by atoms with Crippen LogP contribution in [0.2, 0.25) is 5.02 Å². The Balaban J connectivity index is 2.09. The zero-order chi connectivity index (χ0) is 16.4. The fourth-order valence-electron chi connectivity index (χ4n) is 2.27. The number of halogens is 1. The van der Waals surface area contributed by atoms with Crippen LogP contribution in [0.1, 0.15) is 11.9 Å². The molecule has 6 heteroatoms. The molecule has 0 unspecified atom stereocenters. The Morgan fingerprint density at radius 3 is 2.78 bits per heavy atom. The molecule has 23 heavy (non-hydrogen) atoms. The van der Waals surface area contributed by atoms with E-state index in [2.05, 4.69) is 15.3 Å². The van der Waals surface area contributed by atoms with E-state index in [0.717, 1.165) is 26.7 Å². The molecule has 3 aromatic rings. The van der Waals surface area contributed by atoms with E-state index in [1.807, 2.05) is 43.3 Å². The summed E-state index contributed by atoms with van der Waals surface area (Å²) in [7, 11) is 0. The second-order valence-corrected chi connectivity index (χ2v) is 6.67. The SMILES string of the molecule is CC(=O)Nc1cc(-c2sc(C)nc2-c2cccc(Cl)c2)ccn1. The molecule has 0 bridgehead atoms. The number of rotatable bonds is 3. The molecular weight excluding hydrogens is 330 g/mol. The van der Waals surface area contributed by atoms with Gasteiger partial charge in [0.2, 0.25) is 5.91 Å². The molecule has 0 radical (unpaired) electrons. The van der Waals surface area contributed by atoms with Gasteiger partial charge < -0.3 is 5.32 Å². The zero-order valence-electron chi connectivity index (χ0n) is 12.6. The van der Waals surface area contributed by atoms with Crippen molar-refractivity contribution in [3.05, 3.63) is 52.6 Å². The summed E-state index contributed by atoms with van der Waals surface area (Å²) in [6.07, 6.45) is 1.68. The molecule has 0 fully saturated rings. The number of aromatic nitrogens is 2. The lowest BCUT2D eigenvalue weighted by Gasteiger charge is -2.06. The third-order valence-electron chi connectivity index (χ3n) is 3.16. The van der Waals surface area contributed by atoms with E-state index in [1.165, 1.54) is 6.92 Å². The number of hydrogen-bond acceptors (Lipinski definition) is 4. The van der Waals surface area contributed by atoms with E-state index >= 15 is 0 Å². The number of hydrogen-bond donors (Lipinski definition) is 1. The topological polar surface area (TPSA) is 54.9 Å². The van der Waals surface area contributed by atoms with Crippen LogP contribution >= 0.6 is 22.9 Å². The molecule has 0 saturated carbocycles. The normalized spacial score (nSPS) is 10.6. The van der Waals surface area contributed by atoms with Gasteiger partial charge in [0.15, 0.2) is 0 Å². The zero-order valence-corrected chi connectivity index (χ0v) is 14.2. The van der Waals surface area contributed by atoms with Gasteiger partial charge in [-0.05, 0) is 36.8 Å². The molecule has 4 nitrogen and oxygen atoms in total. The third-order valence-corrected chi connectivity index (χ3v) is 4.41. The first-order valence-electron chi connectivity index (χ1n) is 7.00. The number of amides is 1. The van der Waals surface area contributed by atoms with Gasteiger partial charge in [0.25, 0.3) is 0 Å². The highest BCUT2D eigenvalue weighted by Gasteiger charge is 2.14.